The van der Waals surface area contributed by atoms with Gasteiger partial charge in [-0.25, -0.2) is 4.98 Å². The number of carbonyl (C=O) groups excluding carboxylic acids is 1. The molecule has 1 aliphatic heterocycles. The molecule has 0 saturated carbocycles. The number of nitrogens with one attached hydrogen (secondary N) is 1. The normalized spacial score (nSPS) is 14.5. The summed E-state index contributed by atoms with van der Waals surface area (Å²) in [5, 5.41) is 3.08. The summed E-state index contributed by atoms with van der Waals surface area (Å²) in [5.74, 6) is -0.0923. The maximum Gasteiger partial charge on any atom is 0.269 e. The quantitative estimate of drug-likeness (QED) is 0.477. The fraction of sp³-hybridized carbons (Fsp3) is 0.296. The first-order valence-corrected chi connectivity index (χ1v) is 11.7. The van der Waals surface area contributed by atoms with E-state index in [1.54, 1.807) is 6.20 Å². The van der Waals surface area contributed by atoms with Gasteiger partial charge in [-0.15, -0.1) is 0 Å². The van der Waals surface area contributed by atoms with Crippen molar-refractivity contribution in [2.75, 3.05) is 26.2 Å². The lowest BCUT2D eigenvalue weighted by molar-refractivity contribution is 0.0940. The van der Waals surface area contributed by atoms with Crippen LogP contribution >= 0.6 is 0 Å². The van der Waals surface area contributed by atoms with Crippen LogP contribution in [0.25, 0.3) is 28.0 Å². The van der Waals surface area contributed by atoms with Crippen molar-refractivity contribution >= 4 is 11.6 Å². The van der Waals surface area contributed by atoms with Crippen LogP contribution in [0.5, 0.6) is 0 Å². The van der Waals surface area contributed by atoms with Crippen molar-refractivity contribution in [3.8, 4) is 22.4 Å². The molecule has 0 atom stereocenters. The first-order chi connectivity index (χ1) is 16.2. The van der Waals surface area contributed by atoms with Gasteiger partial charge in [0.1, 0.15) is 11.3 Å². The number of hydrogen-bond acceptors (Lipinski definition) is 4. The van der Waals surface area contributed by atoms with Crippen LogP contribution in [-0.4, -0.2) is 51.4 Å². The molecule has 1 aromatic carbocycles. The SMILES string of the molecule is Cc1cccc(-c2ccccc2-c2ccc3ncc(C(=O)NCCN4CCCCC4)n3c2)n1. The minimum atomic E-state index is -0.0923. The number of benzene rings is 1. The molecule has 0 bridgehead atoms. The van der Waals surface area contributed by atoms with Gasteiger partial charge in [0, 0.05) is 30.5 Å². The lowest BCUT2D eigenvalue weighted by Crippen LogP contribution is -2.37. The zero-order valence-corrected chi connectivity index (χ0v) is 19.0. The van der Waals surface area contributed by atoms with Gasteiger partial charge >= 0.3 is 0 Å². The maximum atomic E-state index is 12.9. The first kappa shape index (κ1) is 21.3. The Morgan fingerprint density at radius 1 is 0.970 bits per heavy atom. The molecule has 168 valence electrons. The third-order valence-corrected chi connectivity index (χ3v) is 6.30. The third kappa shape index (κ3) is 4.66. The van der Waals surface area contributed by atoms with Gasteiger partial charge in [0.15, 0.2) is 0 Å². The number of fused-ring (bicyclic) bond motifs is 1. The minimum absolute atomic E-state index is 0.0923. The van der Waals surface area contributed by atoms with Crippen LogP contribution in [0.3, 0.4) is 0 Å². The molecule has 1 aliphatic rings. The van der Waals surface area contributed by atoms with Crippen LogP contribution in [0.15, 0.2) is 67.0 Å². The topological polar surface area (TPSA) is 62.5 Å². The van der Waals surface area contributed by atoms with Gasteiger partial charge in [-0.2, -0.15) is 0 Å². The Morgan fingerprint density at radius 3 is 2.61 bits per heavy atom. The number of hydrogen-bond donors (Lipinski definition) is 1. The molecular weight excluding hydrogens is 410 g/mol. The number of aromatic nitrogens is 3. The summed E-state index contributed by atoms with van der Waals surface area (Å²) in [4.78, 5) is 24.5. The summed E-state index contributed by atoms with van der Waals surface area (Å²) < 4.78 is 1.88. The van der Waals surface area contributed by atoms with Crippen molar-refractivity contribution in [2.45, 2.75) is 26.2 Å². The Balaban J connectivity index is 1.40. The molecule has 1 saturated heterocycles. The predicted octanol–water partition coefficient (Wildman–Crippen LogP) is 4.59. The number of imidazole rings is 1. The van der Waals surface area contributed by atoms with Crippen LogP contribution in [0, 0.1) is 6.92 Å². The molecule has 3 aromatic heterocycles. The highest BCUT2D eigenvalue weighted by Crippen LogP contribution is 2.31. The summed E-state index contributed by atoms with van der Waals surface area (Å²) in [6.45, 7) is 5.80. The second kappa shape index (κ2) is 9.55. The number of aryl methyl sites for hydroxylation is 1. The van der Waals surface area contributed by atoms with E-state index in [1.807, 2.05) is 53.9 Å². The summed E-state index contributed by atoms with van der Waals surface area (Å²) in [7, 11) is 0. The van der Waals surface area contributed by atoms with Gasteiger partial charge in [0.05, 0.1) is 11.9 Å². The van der Waals surface area contributed by atoms with E-state index < -0.39 is 0 Å². The molecule has 4 heterocycles. The fourth-order valence-corrected chi connectivity index (χ4v) is 4.56. The number of amides is 1. The van der Waals surface area contributed by atoms with E-state index in [0.29, 0.717) is 12.2 Å². The van der Waals surface area contributed by atoms with E-state index in [9.17, 15) is 4.79 Å². The van der Waals surface area contributed by atoms with Crippen molar-refractivity contribution in [2.24, 2.45) is 0 Å². The number of nitrogens with zero attached hydrogens (tertiary/aromatic N) is 4. The molecule has 5 rings (SSSR count). The molecule has 6 heteroatoms. The van der Waals surface area contributed by atoms with E-state index in [2.05, 4.69) is 33.4 Å². The van der Waals surface area contributed by atoms with Crippen LogP contribution < -0.4 is 5.32 Å². The summed E-state index contributed by atoms with van der Waals surface area (Å²) in [6.07, 6.45) is 7.48. The lowest BCUT2D eigenvalue weighted by atomic mass is 9.98. The van der Waals surface area contributed by atoms with E-state index in [0.717, 1.165) is 53.4 Å². The van der Waals surface area contributed by atoms with E-state index in [4.69, 9.17) is 4.98 Å². The Hall–Kier alpha value is -3.51. The summed E-state index contributed by atoms with van der Waals surface area (Å²) >= 11 is 0. The second-order valence-corrected chi connectivity index (χ2v) is 8.66. The smallest absolute Gasteiger partial charge is 0.269 e. The predicted molar refractivity (Wildman–Crippen MR) is 131 cm³/mol. The largest absolute Gasteiger partial charge is 0.349 e. The highest BCUT2D eigenvalue weighted by molar-refractivity contribution is 5.93. The standard InChI is InChI=1S/C27H29N5O/c1-20-8-7-11-24(30-20)23-10-4-3-9-22(23)21-12-13-26-29-18-25(32(26)19-21)27(33)28-14-17-31-15-5-2-6-16-31/h3-4,7-13,18-19H,2,5-6,14-17H2,1H3,(H,28,33). The zero-order valence-electron chi connectivity index (χ0n) is 19.0. The van der Waals surface area contributed by atoms with Crippen molar-refractivity contribution in [3.05, 3.63) is 78.4 Å². The third-order valence-electron chi connectivity index (χ3n) is 6.30. The lowest BCUT2D eigenvalue weighted by Gasteiger charge is -2.26. The number of carbonyl (C=O) groups is 1. The fourth-order valence-electron chi connectivity index (χ4n) is 4.56. The molecule has 0 radical (unpaired) electrons. The molecular formula is C27H29N5O. The zero-order chi connectivity index (χ0) is 22.6. The number of piperidine rings is 1. The van der Waals surface area contributed by atoms with E-state index in [-0.39, 0.29) is 5.91 Å². The highest BCUT2D eigenvalue weighted by Gasteiger charge is 2.15. The summed E-state index contributed by atoms with van der Waals surface area (Å²) in [5.41, 5.74) is 6.38. The molecule has 0 spiro atoms. The van der Waals surface area contributed by atoms with Crippen LogP contribution in [0.2, 0.25) is 0 Å². The Labute approximate surface area is 194 Å². The monoisotopic (exact) mass is 439 g/mol. The molecule has 0 aliphatic carbocycles. The Kier molecular flexibility index (Phi) is 6.17. The average molecular weight is 440 g/mol. The van der Waals surface area contributed by atoms with Crippen LogP contribution in [-0.2, 0) is 0 Å². The molecule has 1 N–H and O–H groups in total. The number of pyridine rings is 2. The van der Waals surface area contributed by atoms with Gasteiger partial charge in [-0.05, 0) is 68.2 Å². The van der Waals surface area contributed by atoms with E-state index >= 15 is 0 Å². The van der Waals surface area contributed by atoms with Crippen molar-refractivity contribution < 1.29 is 4.79 Å². The first-order valence-electron chi connectivity index (χ1n) is 11.7. The second-order valence-electron chi connectivity index (χ2n) is 8.66. The van der Waals surface area contributed by atoms with Gasteiger partial charge in [0.2, 0.25) is 0 Å². The molecule has 6 nitrogen and oxygen atoms in total. The summed E-state index contributed by atoms with van der Waals surface area (Å²) in [6, 6.07) is 18.3. The van der Waals surface area contributed by atoms with Crippen LogP contribution in [0.4, 0.5) is 0 Å². The van der Waals surface area contributed by atoms with Crippen molar-refractivity contribution in [1.29, 1.82) is 0 Å². The van der Waals surface area contributed by atoms with Crippen molar-refractivity contribution in [3.63, 3.8) is 0 Å². The Morgan fingerprint density at radius 2 is 1.79 bits per heavy atom. The van der Waals surface area contributed by atoms with E-state index in [1.165, 1.54) is 19.3 Å². The number of likely N-dealkylation sites (tertiary alicyclic amines) is 1. The highest BCUT2D eigenvalue weighted by atomic mass is 16.1. The van der Waals surface area contributed by atoms with Gasteiger partial charge < -0.3 is 10.2 Å². The van der Waals surface area contributed by atoms with Gasteiger partial charge in [0.25, 0.3) is 5.91 Å². The van der Waals surface area contributed by atoms with Gasteiger partial charge in [-0.3, -0.25) is 14.2 Å². The molecule has 33 heavy (non-hydrogen) atoms. The molecule has 0 unspecified atom stereocenters. The molecule has 4 aromatic rings. The maximum absolute atomic E-state index is 12.9. The average Bonchev–Trinajstić information content (AvgIpc) is 3.28. The van der Waals surface area contributed by atoms with Gasteiger partial charge in [-0.1, -0.05) is 36.8 Å². The Bertz CT molecular complexity index is 1270. The molecule has 1 amide bonds. The minimum Gasteiger partial charge on any atom is -0.349 e. The van der Waals surface area contributed by atoms with Crippen molar-refractivity contribution in [1.82, 2.24) is 24.6 Å². The molecule has 1 fully saturated rings. The number of rotatable bonds is 6. The van der Waals surface area contributed by atoms with Crippen LogP contribution in [0.1, 0.15) is 35.4 Å².